The van der Waals surface area contributed by atoms with E-state index in [2.05, 4.69) is 86.1 Å². The van der Waals surface area contributed by atoms with E-state index in [1.807, 2.05) is 0 Å². The van der Waals surface area contributed by atoms with E-state index in [4.69, 9.17) is 0 Å². The van der Waals surface area contributed by atoms with E-state index in [0.717, 1.165) is 0 Å². The van der Waals surface area contributed by atoms with Crippen molar-refractivity contribution in [1.29, 1.82) is 0 Å². The van der Waals surface area contributed by atoms with Gasteiger partial charge in [-0.05, 0) is 93.6 Å². The molecule has 0 unspecified atom stereocenters. The highest BCUT2D eigenvalue weighted by molar-refractivity contribution is 7.61. The summed E-state index contributed by atoms with van der Waals surface area (Å²) in [6.07, 6.45) is 5.64. The Kier molecular flexibility index (Phi) is 4.71. The highest BCUT2D eigenvalue weighted by Gasteiger charge is 2.48. The second-order valence-corrected chi connectivity index (χ2v) is 14.4. The molecule has 0 spiro atoms. The second kappa shape index (κ2) is 7.44. The molecule has 0 atom stereocenters. The zero-order valence-corrected chi connectivity index (χ0v) is 19.6. The summed E-state index contributed by atoms with van der Waals surface area (Å²) in [5.74, 6) is 0. The molecule has 0 radical (unpaired) electrons. The Labute approximate surface area is 182 Å². The summed E-state index contributed by atoms with van der Waals surface area (Å²) >= 11 is 0. The molecule has 4 aromatic carbocycles. The minimum Gasteiger partial charge on any atom is -0.103 e. The van der Waals surface area contributed by atoms with Crippen LogP contribution in [-0.4, -0.2) is 24.6 Å². The van der Waals surface area contributed by atoms with Gasteiger partial charge in [0.2, 0.25) is 0 Å². The largest absolute Gasteiger partial charge is 0.103 e. The molecule has 8 rings (SSSR count). The van der Waals surface area contributed by atoms with Crippen LogP contribution >= 0.6 is 15.8 Å². The fraction of sp³-hybridized carbons (Fsp3) is 0.286. The normalized spacial score (nSPS) is 24.0. The molecule has 1 saturated carbocycles. The van der Waals surface area contributed by atoms with Gasteiger partial charge < -0.3 is 0 Å². The van der Waals surface area contributed by atoms with Crippen LogP contribution in [0.1, 0.15) is 24.0 Å². The first-order valence-corrected chi connectivity index (χ1v) is 15.2. The van der Waals surface area contributed by atoms with Crippen molar-refractivity contribution < 1.29 is 0 Å². The Morgan fingerprint density at radius 1 is 0.600 bits per heavy atom. The van der Waals surface area contributed by atoms with Gasteiger partial charge in [-0.3, -0.25) is 0 Å². The van der Waals surface area contributed by atoms with E-state index >= 15 is 0 Å². The Hall–Kier alpha value is -1.74. The van der Waals surface area contributed by atoms with Gasteiger partial charge in [0.05, 0.1) is 0 Å². The maximum atomic E-state index is 2.44. The lowest BCUT2D eigenvalue weighted by Gasteiger charge is -2.57. The number of fused-ring (bicyclic) bond motifs is 7. The standard InChI is InChI=1S/C23H19P.C5H9P/c1-24-14-18-12-10-16-6-2-4-8-20(16)22(18)23-19(15-24)13-11-17-7-3-5-9-21(17)23;1-6-4-2-5(6)3-4/h2-13H,14-15H2,1H3;4-5H,2-3H2,1H3. The fourth-order valence-corrected chi connectivity index (χ4v) is 9.33. The first-order chi connectivity index (χ1) is 14.7. The SMILES string of the molecule is CP1C2CC1C2.CP1Cc2ccc3ccccc3c2-c2c(ccc3ccccc23)C1. The summed E-state index contributed by atoms with van der Waals surface area (Å²) in [7, 11) is 0.616. The number of rotatable bonds is 0. The maximum Gasteiger partial charge on any atom is -0.00606 e. The zero-order valence-electron chi connectivity index (χ0n) is 17.8. The predicted molar refractivity (Wildman–Crippen MR) is 137 cm³/mol. The molecule has 3 fully saturated rings. The van der Waals surface area contributed by atoms with Crippen molar-refractivity contribution in [1.82, 2.24) is 0 Å². The quantitative estimate of drug-likeness (QED) is 0.248. The van der Waals surface area contributed by atoms with Crippen LogP contribution in [0.3, 0.4) is 0 Å². The molecule has 150 valence electrons. The summed E-state index contributed by atoms with van der Waals surface area (Å²) < 4.78 is 0. The summed E-state index contributed by atoms with van der Waals surface area (Å²) in [6, 6.07) is 27.0. The molecule has 4 aromatic rings. The van der Waals surface area contributed by atoms with E-state index in [1.165, 1.54) is 67.4 Å². The van der Waals surface area contributed by atoms with Crippen LogP contribution in [0.25, 0.3) is 32.7 Å². The van der Waals surface area contributed by atoms with Crippen LogP contribution in [-0.2, 0) is 12.3 Å². The summed E-state index contributed by atoms with van der Waals surface area (Å²) in [4.78, 5) is 0. The lowest BCUT2D eigenvalue weighted by atomic mass is 9.88. The van der Waals surface area contributed by atoms with Crippen molar-refractivity contribution in [2.45, 2.75) is 36.5 Å². The van der Waals surface area contributed by atoms with Crippen LogP contribution in [0, 0.1) is 0 Å². The molecule has 1 aliphatic carbocycles. The minimum absolute atomic E-state index is 0.00224. The van der Waals surface area contributed by atoms with Crippen LogP contribution in [0.15, 0.2) is 72.8 Å². The average molecular weight is 426 g/mol. The van der Waals surface area contributed by atoms with Gasteiger partial charge in [-0.25, -0.2) is 0 Å². The Bertz CT molecular complexity index is 1160. The van der Waals surface area contributed by atoms with Crippen molar-refractivity contribution in [3.8, 4) is 11.1 Å². The predicted octanol–water partition coefficient (Wildman–Crippen LogP) is 8.43. The molecule has 4 aliphatic rings. The molecule has 0 aromatic heterocycles. The lowest BCUT2D eigenvalue weighted by Crippen LogP contribution is -2.45. The van der Waals surface area contributed by atoms with Gasteiger partial charge in [-0.15, -0.1) is 15.8 Å². The second-order valence-electron chi connectivity index (χ2n) is 9.26. The third-order valence-corrected chi connectivity index (χ3v) is 12.3. The molecule has 2 bridgehead atoms. The van der Waals surface area contributed by atoms with Crippen molar-refractivity contribution in [2.75, 3.05) is 13.3 Å². The molecule has 3 heterocycles. The molecular formula is C28H28P2. The molecule has 0 N–H and O–H groups in total. The van der Waals surface area contributed by atoms with Crippen LogP contribution in [0.4, 0.5) is 0 Å². The zero-order chi connectivity index (χ0) is 20.2. The molecule has 2 saturated heterocycles. The van der Waals surface area contributed by atoms with Gasteiger partial charge in [-0.2, -0.15) is 0 Å². The first kappa shape index (κ1) is 19.0. The molecule has 30 heavy (non-hydrogen) atoms. The minimum atomic E-state index is -0.00224. The Morgan fingerprint density at radius 2 is 1.03 bits per heavy atom. The molecule has 0 nitrogen and oxygen atoms in total. The van der Waals surface area contributed by atoms with E-state index in [1.54, 1.807) is 12.8 Å². The lowest BCUT2D eigenvalue weighted by molar-refractivity contribution is 0.452. The third-order valence-electron chi connectivity index (χ3n) is 7.40. The van der Waals surface area contributed by atoms with E-state index < -0.39 is 0 Å². The van der Waals surface area contributed by atoms with Crippen molar-refractivity contribution in [2.24, 2.45) is 0 Å². The van der Waals surface area contributed by atoms with Gasteiger partial charge in [0, 0.05) is 0 Å². The Morgan fingerprint density at radius 3 is 1.43 bits per heavy atom. The van der Waals surface area contributed by atoms with Crippen molar-refractivity contribution in [3.63, 3.8) is 0 Å². The molecule has 0 amide bonds. The third kappa shape index (κ3) is 3.04. The molecule has 3 aliphatic heterocycles. The highest BCUT2D eigenvalue weighted by Crippen LogP contribution is 2.70. The summed E-state index contributed by atoms with van der Waals surface area (Å²) in [5, 5.41) is 5.49. The van der Waals surface area contributed by atoms with Gasteiger partial charge >= 0.3 is 0 Å². The summed E-state index contributed by atoms with van der Waals surface area (Å²) in [6.45, 7) is 4.89. The Balaban J connectivity index is 0.000000248. The van der Waals surface area contributed by atoms with Gasteiger partial charge in [0.25, 0.3) is 0 Å². The van der Waals surface area contributed by atoms with Crippen LogP contribution in [0.2, 0.25) is 0 Å². The maximum absolute atomic E-state index is 2.44. The van der Waals surface area contributed by atoms with Gasteiger partial charge in [0.1, 0.15) is 0 Å². The van der Waals surface area contributed by atoms with Crippen LogP contribution < -0.4 is 0 Å². The monoisotopic (exact) mass is 426 g/mol. The molecule has 2 heteroatoms. The smallest absolute Gasteiger partial charge is 0.00606 e. The summed E-state index contributed by atoms with van der Waals surface area (Å²) in [5.41, 5.74) is 8.49. The van der Waals surface area contributed by atoms with E-state index in [-0.39, 0.29) is 7.92 Å². The van der Waals surface area contributed by atoms with Crippen molar-refractivity contribution >= 4 is 37.4 Å². The number of hydrogen-bond acceptors (Lipinski definition) is 0. The van der Waals surface area contributed by atoms with E-state index in [0.29, 0.717) is 7.92 Å². The highest BCUT2D eigenvalue weighted by atomic mass is 31.1. The van der Waals surface area contributed by atoms with Gasteiger partial charge in [-0.1, -0.05) is 72.8 Å². The average Bonchev–Trinajstić information content (AvgIpc) is 2.88. The topological polar surface area (TPSA) is 0 Å². The first-order valence-electron chi connectivity index (χ1n) is 11.1. The van der Waals surface area contributed by atoms with E-state index in [9.17, 15) is 0 Å². The van der Waals surface area contributed by atoms with Crippen molar-refractivity contribution in [3.05, 3.63) is 83.9 Å². The molecular weight excluding hydrogens is 398 g/mol. The fourth-order valence-electron chi connectivity index (χ4n) is 5.37. The van der Waals surface area contributed by atoms with Gasteiger partial charge in [0.15, 0.2) is 0 Å². The van der Waals surface area contributed by atoms with Crippen LogP contribution in [0.5, 0.6) is 0 Å². The number of benzene rings is 4. The number of hydrogen-bond donors (Lipinski definition) is 0.